The van der Waals surface area contributed by atoms with E-state index in [9.17, 15) is 9.59 Å². The number of nitrogens with zero attached hydrogens (tertiary/aromatic N) is 1. The molecular formula is C16H20ClNO3. The van der Waals surface area contributed by atoms with Gasteiger partial charge in [0.15, 0.2) is 0 Å². The third-order valence-corrected chi connectivity index (χ3v) is 3.61. The number of rotatable bonds is 6. The van der Waals surface area contributed by atoms with E-state index in [1.54, 1.807) is 30.1 Å². The maximum Gasteiger partial charge on any atom is 0.328 e. The van der Waals surface area contributed by atoms with Crippen LogP contribution in [0.5, 0.6) is 0 Å². The Hall–Kier alpha value is -1.81. The van der Waals surface area contributed by atoms with Crippen LogP contribution in [-0.4, -0.2) is 35.5 Å². The lowest BCUT2D eigenvalue weighted by Gasteiger charge is -2.21. The smallest absolute Gasteiger partial charge is 0.328 e. The van der Waals surface area contributed by atoms with Gasteiger partial charge in [0.2, 0.25) is 0 Å². The van der Waals surface area contributed by atoms with Gasteiger partial charge < -0.3 is 10.0 Å². The summed E-state index contributed by atoms with van der Waals surface area (Å²) in [5.41, 5.74) is 1.07. The lowest BCUT2D eigenvalue weighted by atomic mass is 10.1. The molecule has 1 rings (SSSR count). The fraction of sp³-hybridized carbons (Fsp3) is 0.375. The van der Waals surface area contributed by atoms with Gasteiger partial charge in [0, 0.05) is 30.3 Å². The van der Waals surface area contributed by atoms with E-state index in [2.05, 4.69) is 13.8 Å². The van der Waals surface area contributed by atoms with E-state index in [0.717, 1.165) is 12.5 Å². The van der Waals surface area contributed by atoms with Gasteiger partial charge >= 0.3 is 5.97 Å². The minimum atomic E-state index is -1.04. The van der Waals surface area contributed by atoms with Crippen LogP contribution in [-0.2, 0) is 4.79 Å². The van der Waals surface area contributed by atoms with Crippen LogP contribution in [0, 0.1) is 5.92 Å². The molecule has 0 radical (unpaired) electrons. The topological polar surface area (TPSA) is 57.6 Å². The van der Waals surface area contributed by atoms with Crippen molar-refractivity contribution in [2.45, 2.75) is 20.3 Å². The number of benzene rings is 1. The standard InChI is InChI=1S/C16H20ClNO3/c1-4-11(2)10-18(3)16(21)13-6-5-12(14(17)9-13)7-8-15(19)20/h5-9,11H,4,10H2,1-3H3,(H,19,20)/b8-7+. The molecule has 0 saturated carbocycles. The first-order chi connectivity index (χ1) is 9.85. The summed E-state index contributed by atoms with van der Waals surface area (Å²) in [5.74, 6) is -0.697. The summed E-state index contributed by atoms with van der Waals surface area (Å²) in [6.07, 6.45) is 3.43. The molecule has 114 valence electrons. The van der Waals surface area contributed by atoms with Crippen LogP contribution in [0.1, 0.15) is 36.2 Å². The molecule has 4 nitrogen and oxygen atoms in total. The molecule has 1 amide bonds. The third-order valence-electron chi connectivity index (χ3n) is 3.28. The molecule has 0 bridgehead atoms. The number of carbonyl (C=O) groups excluding carboxylic acids is 1. The molecule has 1 N–H and O–H groups in total. The average molecular weight is 310 g/mol. The second kappa shape index (κ2) is 7.84. The van der Waals surface area contributed by atoms with E-state index in [1.807, 2.05) is 0 Å². The molecule has 0 aliphatic rings. The van der Waals surface area contributed by atoms with Gasteiger partial charge in [-0.2, -0.15) is 0 Å². The van der Waals surface area contributed by atoms with Gasteiger partial charge in [0.05, 0.1) is 0 Å². The number of hydrogen-bond acceptors (Lipinski definition) is 2. The van der Waals surface area contributed by atoms with Gasteiger partial charge in [0.1, 0.15) is 0 Å². The largest absolute Gasteiger partial charge is 0.478 e. The predicted molar refractivity (Wildman–Crippen MR) is 84.5 cm³/mol. The number of carbonyl (C=O) groups is 2. The molecule has 1 atom stereocenters. The molecule has 1 aromatic rings. The Kier molecular flexibility index (Phi) is 6.43. The molecule has 1 unspecified atom stereocenters. The average Bonchev–Trinajstić information content (AvgIpc) is 2.44. The zero-order valence-corrected chi connectivity index (χ0v) is 13.2. The first kappa shape index (κ1) is 17.2. The Morgan fingerprint density at radius 1 is 1.43 bits per heavy atom. The Labute approximate surface area is 130 Å². The molecule has 5 heteroatoms. The van der Waals surface area contributed by atoms with E-state index in [1.165, 1.54) is 6.08 Å². The highest BCUT2D eigenvalue weighted by Gasteiger charge is 2.14. The minimum Gasteiger partial charge on any atom is -0.478 e. The van der Waals surface area contributed by atoms with Gasteiger partial charge in [0.25, 0.3) is 5.91 Å². The number of halogens is 1. The molecule has 0 aliphatic carbocycles. The zero-order valence-electron chi connectivity index (χ0n) is 12.5. The van der Waals surface area contributed by atoms with Crippen molar-refractivity contribution in [1.29, 1.82) is 0 Å². The van der Waals surface area contributed by atoms with E-state index in [0.29, 0.717) is 28.6 Å². The molecule has 0 aromatic heterocycles. The van der Waals surface area contributed by atoms with Crippen LogP contribution in [0.3, 0.4) is 0 Å². The number of amides is 1. The summed E-state index contributed by atoms with van der Waals surface area (Å²) in [7, 11) is 1.76. The van der Waals surface area contributed by atoms with Crippen molar-refractivity contribution in [3.63, 3.8) is 0 Å². The van der Waals surface area contributed by atoms with Crippen molar-refractivity contribution in [3.05, 3.63) is 40.4 Å². The summed E-state index contributed by atoms with van der Waals surface area (Å²) >= 11 is 6.08. The maximum absolute atomic E-state index is 12.3. The Balaban J connectivity index is 2.88. The van der Waals surface area contributed by atoms with Crippen molar-refractivity contribution in [2.24, 2.45) is 5.92 Å². The quantitative estimate of drug-likeness (QED) is 0.817. The second-order valence-electron chi connectivity index (χ2n) is 5.11. The first-order valence-electron chi connectivity index (χ1n) is 6.81. The molecular weight excluding hydrogens is 290 g/mol. The Bertz CT molecular complexity index is 554. The van der Waals surface area contributed by atoms with Gasteiger partial charge in [-0.05, 0) is 29.7 Å². The van der Waals surface area contributed by atoms with E-state index < -0.39 is 5.97 Å². The van der Waals surface area contributed by atoms with Crippen molar-refractivity contribution >= 4 is 29.6 Å². The monoisotopic (exact) mass is 309 g/mol. The van der Waals surface area contributed by atoms with Crippen LogP contribution >= 0.6 is 11.6 Å². The molecule has 0 heterocycles. The highest BCUT2D eigenvalue weighted by Crippen LogP contribution is 2.20. The SMILES string of the molecule is CCC(C)CN(C)C(=O)c1ccc(/C=C/C(=O)O)c(Cl)c1. The Morgan fingerprint density at radius 3 is 2.62 bits per heavy atom. The van der Waals surface area contributed by atoms with Crippen LogP contribution in [0.4, 0.5) is 0 Å². The number of hydrogen-bond donors (Lipinski definition) is 1. The highest BCUT2D eigenvalue weighted by molar-refractivity contribution is 6.32. The normalized spacial score (nSPS) is 12.4. The molecule has 0 saturated heterocycles. The lowest BCUT2D eigenvalue weighted by Crippen LogP contribution is -2.30. The van der Waals surface area contributed by atoms with E-state index in [4.69, 9.17) is 16.7 Å². The van der Waals surface area contributed by atoms with Gasteiger partial charge in [-0.3, -0.25) is 4.79 Å². The summed E-state index contributed by atoms with van der Waals surface area (Å²) in [5, 5.41) is 8.95. The summed E-state index contributed by atoms with van der Waals surface area (Å²) in [4.78, 5) is 24.4. The summed E-state index contributed by atoms with van der Waals surface area (Å²) in [6, 6.07) is 4.87. The van der Waals surface area contributed by atoms with Crippen molar-refractivity contribution in [2.75, 3.05) is 13.6 Å². The summed E-state index contributed by atoms with van der Waals surface area (Å²) < 4.78 is 0. The molecule has 1 aromatic carbocycles. The minimum absolute atomic E-state index is 0.0917. The van der Waals surface area contributed by atoms with Crippen LogP contribution in [0.2, 0.25) is 5.02 Å². The lowest BCUT2D eigenvalue weighted by molar-refractivity contribution is -0.131. The summed E-state index contributed by atoms with van der Waals surface area (Å²) in [6.45, 7) is 4.87. The van der Waals surface area contributed by atoms with Crippen LogP contribution in [0.15, 0.2) is 24.3 Å². The fourth-order valence-electron chi connectivity index (χ4n) is 1.86. The molecule has 0 fully saturated rings. The Morgan fingerprint density at radius 2 is 2.10 bits per heavy atom. The first-order valence-corrected chi connectivity index (χ1v) is 7.19. The van der Waals surface area contributed by atoms with E-state index in [-0.39, 0.29) is 5.91 Å². The maximum atomic E-state index is 12.3. The van der Waals surface area contributed by atoms with Gasteiger partial charge in [-0.25, -0.2) is 4.79 Å². The van der Waals surface area contributed by atoms with E-state index >= 15 is 0 Å². The number of carboxylic acid groups (broad SMARTS) is 1. The second-order valence-corrected chi connectivity index (χ2v) is 5.51. The molecule has 0 spiro atoms. The van der Waals surface area contributed by atoms with Crippen molar-refractivity contribution in [3.8, 4) is 0 Å². The predicted octanol–water partition coefficient (Wildman–Crippen LogP) is 3.56. The van der Waals surface area contributed by atoms with Crippen molar-refractivity contribution in [1.82, 2.24) is 4.90 Å². The zero-order chi connectivity index (χ0) is 16.0. The van der Waals surface area contributed by atoms with Gasteiger partial charge in [-0.15, -0.1) is 0 Å². The highest BCUT2D eigenvalue weighted by atomic mass is 35.5. The fourth-order valence-corrected chi connectivity index (χ4v) is 2.10. The number of carboxylic acids is 1. The third kappa shape index (κ3) is 5.23. The molecule has 21 heavy (non-hydrogen) atoms. The van der Waals surface area contributed by atoms with Crippen LogP contribution < -0.4 is 0 Å². The van der Waals surface area contributed by atoms with Gasteiger partial charge in [-0.1, -0.05) is 37.9 Å². The number of aliphatic carboxylic acids is 1. The molecule has 0 aliphatic heterocycles. The van der Waals surface area contributed by atoms with Crippen LogP contribution in [0.25, 0.3) is 6.08 Å². The van der Waals surface area contributed by atoms with Crippen molar-refractivity contribution < 1.29 is 14.7 Å².